The van der Waals surface area contributed by atoms with E-state index >= 15 is 0 Å². The zero-order chi connectivity index (χ0) is 28.1. The minimum absolute atomic E-state index is 0.0761. The van der Waals surface area contributed by atoms with Crippen LogP contribution in [-0.2, 0) is 46.2 Å². The molecule has 0 bridgehead atoms. The van der Waals surface area contributed by atoms with Gasteiger partial charge < -0.3 is 0 Å². The Hall–Kier alpha value is 0.820. The summed E-state index contributed by atoms with van der Waals surface area (Å²) < 4.78 is 48.9. The van der Waals surface area contributed by atoms with E-state index < -0.39 is 31.1 Å². The van der Waals surface area contributed by atoms with E-state index in [-0.39, 0.29) is 36.6 Å². The topological polar surface area (TPSA) is 64.6 Å². The van der Waals surface area contributed by atoms with Crippen LogP contribution in [0.5, 0.6) is 0 Å². The SMILES string of the molecule is CCC(C)O[Si](OC(C)CC)(OC(C)CC)[O][Zr]([O]C1CCCCC1)([O]C1CCCCC1)[O]C1CCCCC1. The molecule has 230 valence electrons. The average Bonchev–Trinajstić information content (AvgIpc) is 2.94. The van der Waals surface area contributed by atoms with Crippen molar-refractivity contribution >= 4 is 9.05 Å². The summed E-state index contributed by atoms with van der Waals surface area (Å²) in [5.41, 5.74) is 0. The molecule has 0 aromatic heterocycles. The third-order valence-corrected chi connectivity index (χ3v) is 19.4. The third kappa shape index (κ3) is 11.8. The maximum atomic E-state index is 7.27. The van der Waals surface area contributed by atoms with Gasteiger partial charge in [-0.25, -0.2) is 0 Å². The van der Waals surface area contributed by atoms with E-state index in [1.807, 2.05) is 0 Å². The molecule has 0 aromatic rings. The van der Waals surface area contributed by atoms with Gasteiger partial charge in [-0.05, 0) is 0 Å². The standard InChI is InChI=1S/C12H27O4Si.3C6H11O.Zr/c1-7-10(4)14-17(13,15-11(5)8-2)16-12(6)9-3;3*7-6-4-2-1-3-5-6;/h10-12H,7-9H2,1-6H3;3*6H,1-5H2;/q4*-1;+4. The second kappa shape index (κ2) is 17.8. The Balaban J connectivity index is 2.04. The van der Waals surface area contributed by atoms with Gasteiger partial charge in [0.15, 0.2) is 0 Å². The zero-order valence-corrected chi connectivity index (χ0v) is 29.5. The van der Waals surface area contributed by atoms with E-state index in [9.17, 15) is 0 Å². The Bertz CT molecular complexity index is 572. The first kappa shape index (κ1) is 34.3. The van der Waals surface area contributed by atoms with Crippen molar-refractivity contribution in [1.29, 1.82) is 0 Å². The van der Waals surface area contributed by atoms with E-state index in [1.54, 1.807) is 0 Å². The van der Waals surface area contributed by atoms with Crippen molar-refractivity contribution in [2.75, 3.05) is 0 Å². The fourth-order valence-corrected chi connectivity index (χ4v) is 17.9. The molecule has 0 aliphatic heterocycles. The summed E-state index contributed by atoms with van der Waals surface area (Å²) >= 11 is -4.79. The Labute approximate surface area is 248 Å². The van der Waals surface area contributed by atoms with Crippen LogP contribution in [-0.4, -0.2) is 45.7 Å². The van der Waals surface area contributed by atoms with Crippen LogP contribution in [0.25, 0.3) is 0 Å². The molecular weight excluding hydrogens is 592 g/mol. The molecule has 0 amide bonds. The molecule has 3 saturated carbocycles. The molecule has 0 aromatic carbocycles. The van der Waals surface area contributed by atoms with Crippen LogP contribution in [0.1, 0.15) is 157 Å². The predicted molar refractivity (Wildman–Crippen MR) is 153 cm³/mol. The van der Waals surface area contributed by atoms with E-state index in [0.29, 0.717) is 0 Å². The number of hydrogen-bond donors (Lipinski definition) is 0. The summed E-state index contributed by atoms with van der Waals surface area (Å²) in [7, 11) is -3.72. The first-order valence-corrected chi connectivity index (χ1v) is 22.2. The molecule has 0 saturated heterocycles. The molecule has 3 rings (SSSR count). The first-order chi connectivity index (χ1) is 18.8. The summed E-state index contributed by atoms with van der Waals surface area (Å²) in [6.07, 6.45) is 19.6. The fraction of sp³-hybridized carbons (Fsp3) is 1.00. The normalized spacial score (nSPS) is 24.8. The zero-order valence-electron chi connectivity index (χ0n) is 26.0. The van der Waals surface area contributed by atoms with Gasteiger partial charge >= 0.3 is 249 Å². The summed E-state index contributed by atoms with van der Waals surface area (Å²) in [4.78, 5) is 0. The fourth-order valence-electron chi connectivity index (χ4n) is 5.61. The molecule has 3 aliphatic carbocycles. The molecular formula is C30H60O7SiZr. The van der Waals surface area contributed by atoms with Crippen molar-refractivity contribution in [3.63, 3.8) is 0 Å². The second-order valence-corrected chi connectivity index (χ2v) is 19.9. The molecule has 3 fully saturated rings. The Morgan fingerprint density at radius 2 is 0.795 bits per heavy atom. The van der Waals surface area contributed by atoms with Crippen LogP contribution < -0.4 is 0 Å². The van der Waals surface area contributed by atoms with Crippen LogP contribution in [0.4, 0.5) is 0 Å². The minimum atomic E-state index is -4.79. The molecule has 3 aliphatic rings. The monoisotopic (exact) mass is 650 g/mol. The van der Waals surface area contributed by atoms with Crippen LogP contribution in [0.3, 0.4) is 0 Å². The van der Waals surface area contributed by atoms with Crippen molar-refractivity contribution in [2.45, 2.75) is 194 Å². The molecule has 0 spiro atoms. The van der Waals surface area contributed by atoms with Gasteiger partial charge in [-0.3, -0.25) is 0 Å². The average molecular weight is 652 g/mol. The quantitative estimate of drug-likeness (QED) is 0.146. The summed E-state index contributed by atoms with van der Waals surface area (Å²) in [5, 5.41) is 0. The van der Waals surface area contributed by atoms with Crippen molar-refractivity contribution in [3.05, 3.63) is 0 Å². The Morgan fingerprint density at radius 3 is 1.05 bits per heavy atom. The Morgan fingerprint density at radius 1 is 0.513 bits per heavy atom. The van der Waals surface area contributed by atoms with Gasteiger partial charge in [0.05, 0.1) is 0 Å². The van der Waals surface area contributed by atoms with Crippen molar-refractivity contribution in [2.24, 2.45) is 0 Å². The van der Waals surface area contributed by atoms with Gasteiger partial charge in [0.1, 0.15) is 0 Å². The third-order valence-electron chi connectivity index (χ3n) is 8.60. The summed E-state index contributed by atoms with van der Waals surface area (Å²) in [6, 6.07) is 0. The van der Waals surface area contributed by atoms with Gasteiger partial charge in [0.25, 0.3) is 0 Å². The molecule has 3 atom stereocenters. The predicted octanol–water partition coefficient (Wildman–Crippen LogP) is 8.75. The number of hydrogen-bond acceptors (Lipinski definition) is 7. The van der Waals surface area contributed by atoms with Gasteiger partial charge in [-0.15, -0.1) is 0 Å². The van der Waals surface area contributed by atoms with Crippen molar-refractivity contribution < 1.29 is 46.2 Å². The van der Waals surface area contributed by atoms with Crippen LogP contribution in [0, 0.1) is 0 Å². The molecule has 9 heteroatoms. The van der Waals surface area contributed by atoms with E-state index in [4.69, 9.17) is 24.2 Å². The van der Waals surface area contributed by atoms with Crippen LogP contribution in [0.2, 0.25) is 0 Å². The molecule has 0 N–H and O–H groups in total. The van der Waals surface area contributed by atoms with Gasteiger partial charge in [0.2, 0.25) is 0 Å². The van der Waals surface area contributed by atoms with Gasteiger partial charge in [-0.1, -0.05) is 0 Å². The first-order valence-electron chi connectivity index (χ1n) is 16.6. The van der Waals surface area contributed by atoms with E-state index in [1.165, 1.54) is 57.8 Å². The van der Waals surface area contributed by atoms with Crippen LogP contribution in [0.15, 0.2) is 0 Å². The summed E-state index contributed by atoms with van der Waals surface area (Å²) in [5.74, 6) is 0. The number of rotatable bonds is 17. The van der Waals surface area contributed by atoms with Gasteiger partial charge in [-0.2, -0.15) is 0 Å². The molecule has 3 unspecified atom stereocenters. The van der Waals surface area contributed by atoms with Crippen molar-refractivity contribution in [3.8, 4) is 0 Å². The second-order valence-electron chi connectivity index (χ2n) is 12.2. The Kier molecular flexibility index (Phi) is 15.7. The molecule has 0 heterocycles. The summed E-state index contributed by atoms with van der Waals surface area (Å²) in [6.45, 7) is 12.6. The van der Waals surface area contributed by atoms with E-state index in [2.05, 4.69) is 41.5 Å². The van der Waals surface area contributed by atoms with E-state index in [0.717, 1.165) is 57.8 Å². The molecule has 39 heavy (non-hydrogen) atoms. The van der Waals surface area contributed by atoms with Crippen molar-refractivity contribution in [1.82, 2.24) is 0 Å². The molecule has 7 nitrogen and oxygen atoms in total. The van der Waals surface area contributed by atoms with Crippen LogP contribution >= 0.6 is 0 Å². The molecule has 0 radical (unpaired) electrons. The maximum absolute atomic E-state index is 7.27. The van der Waals surface area contributed by atoms with Gasteiger partial charge in [0, 0.05) is 0 Å².